The Balaban J connectivity index is 1.71. The van der Waals surface area contributed by atoms with Gasteiger partial charge in [0.25, 0.3) is 0 Å². The van der Waals surface area contributed by atoms with Gasteiger partial charge in [-0.05, 0) is 25.5 Å². The predicted molar refractivity (Wildman–Crippen MR) is 103 cm³/mol. The standard InChI is InChI=1S/C21H23F3N2O3/c1-3-28-18-10-15-9-13(2)29-17(15)11-16(18)26-19(27)12-25-20(21(22,23)24)14-7-5-4-6-8-14/h4-8,10-11,13,20,25H,3,9,12H2,1-2H3,(H,26,27). The second-order valence-electron chi connectivity index (χ2n) is 6.84. The number of benzene rings is 2. The lowest BCUT2D eigenvalue weighted by Crippen LogP contribution is -2.38. The van der Waals surface area contributed by atoms with Gasteiger partial charge in [-0.2, -0.15) is 13.2 Å². The van der Waals surface area contributed by atoms with Gasteiger partial charge in [0.05, 0.1) is 18.8 Å². The summed E-state index contributed by atoms with van der Waals surface area (Å²) in [7, 11) is 0. The van der Waals surface area contributed by atoms with Crippen molar-refractivity contribution in [2.75, 3.05) is 18.5 Å². The summed E-state index contributed by atoms with van der Waals surface area (Å²) in [6.45, 7) is 3.62. The van der Waals surface area contributed by atoms with E-state index < -0.39 is 24.7 Å². The molecule has 2 N–H and O–H groups in total. The second-order valence-corrected chi connectivity index (χ2v) is 6.84. The summed E-state index contributed by atoms with van der Waals surface area (Å²) in [4.78, 5) is 12.4. The number of halogens is 3. The number of alkyl halides is 3. The molecule has 29 heavy (non-hydrogen) atoms. The zero-order valence-electron chi connectivity index (χ0n) is 16.2. The van der Waals surface area contributed by atoms with Crippen molar-refractivity contribution in [3.63, 3.8) is 0 Å². The van der Waals surface area contributed by atoms with Gasteiger partial charge in [0.15, 0.2) is 0 Å². The number of carbonyl (C=O) groups is 1. The highest BCUT2D eigenvalue weighted by atomic mass is 19.4. The van der Waals surface area contributed by atoms with Crippen LogP contribution in [0.25, 0.3) is 0 Å². The third kappa shape index (κ3) is 5.20. The zero-order valence-corrected chi connectivity index (χ0v) is 16.2. The monoisotopic (exact) mass is 408 g/mol. The number of carbonyl (C=O) groups excluding carboxylic acids is 1. The average molecular weight is 408 g/mol. The van der Waals surface area contributed by atoms with Gasteiger partial charge in [-0.25, -0.2) is 0 Å². The molecular formula is C21H23F3N2O3. The van der Waals surface area contributed by atoms with Crippen LogP contribution in [0.15, 0.2) is 42.5 Å². The van der Waals surface area contributed by atoms with E-state index in [4.69, 9.17) is 9.47 Å². The fourth-order valence-corrected chi connectivity index (χ4v) is 3.27. The van der Waals surface area contributed by atoms with Crippen LogP contribution >= 0.6 is 0 Å². The molecule has 3 rings (SSSR count). The van der Waals surface area contributed by atoms with Crippen molar-refractivity contribution >= 4 is 11.6 Å². The first kappa shape index (κ1) is 21.0. The van der Waals surface area contributed by atoms with E-state index in [2.05, 4.69) is 10.6 Å². The molecule has 0 radical (unpaired) electrons. The molecule has 0 aliphatic carbocycles. The molecule has 2 aromatic carbocycles. The highest BCUT2D eigenvalue weighted by molar-refractivity contribution is 5.94. The third-order valence-electron chi connectivity index (χ3n) is 4.50. The SMILES string of the molecule is CCOc1cc2c(cc1NC(=O)CNC(c1ccccc1)C(F)(F)F)OC(C)C2. The molecule has 0 aromatic heterocycles. The number of ether oxygens (including phenoxy) is 2. The summed E-state index contributed by atoms with van der Waals surface area (Å²) in [5.74, 6) is 0.497. The lowest BCUT2D eigenvalue weighted by atomic mass is 10.1. The molecule has 1 amide bonds. The molecule has 8 heteroatoms. The Bertz CT molecular complexity index is 856. The minimum absolute atomic E-state index is 0.0190. The fraction of sp³-hybridized carbons (Fsp3) is 0.381. The van der Waals surface area contributed by atoms with Crippen LogP contribution < -0.4 is 20.1 Å². The molecule has 1 aliphatic rings. The maximum Gasteiger partial charge on any atom is 0.407 e. The van der Waals surface area contributed by atoms with Gasteiger partial charge in [-0.1, -0.05) is 30.3 Å². The zero-order chi connectivity index (χ0) is 21.0. The van der Waals surface area contributed by atoms with Crippen LogP contribution in [-0.4, -0.2) is 31.3 Å². The van der Waals surface area contributed by atoms with Gasteiger partial charge < -0.3 is 14.8 Å². The van der Waals surface area contributed by atoms with Gasteiger partial charge in [-0.3, -0.25) is 10.1 Å². The van der Waals surface area contributed by atoms with Gasteiger partial charge >= 0.3 is 6.18 Å². The molecule has 156 valence electrons. The molecular weight excluding hydrogens is 385 g/mol. The largest absolute Gasteiger partial charge is 0.492 e. The van der Waals surface area contributed by atoms with Gasteiger partial charge in [0.2, 0.25) is 5.91 Å². The van der Waals surface area contributed by atoms with Crippen LogP contribution in [0.1, 0.15) is 31.0 Å². The Morgan fingerprint density at radius 1 is 1.28 bits per heavy atom. The summed E-state index contributed by atoms with van der Waals surface area (Å²) < 4.78 is 51.5. The molecule has 2 aromatic rings. The van der Waals surface area contributed by atoms with E-state index in [0.717, 1.165) is 12.0 Å². The summed E-state index contributed by atoms with van der Waals surface area (Å²) in [6.07, 6.45) is -3.78. The predicted octanol–water partition coefficient (Wildman–Crippen LogP) is 4.24. The molecule has 0 fully saturated rings. The maximum atomic E-state index is 13.4. The molecule has 1 heterocycles. The molecule has 2 unspecified atom stereocenters. The van der Waals surface area contributed by atoms with E-state index in [1.165, 1.54) is 24.3 Å². The van der Waals surface area contributed by atoms with E-state index >= 15 is 0 Å². The first-order valence-corrected chi connectivity index (χ1v) is 9.39. The Kier molecular flexibility index (Phi) is 6.32. The first-order valence-electron chi connectivity index (χ1n) is 9.39. The first-order chi connectivity index (χ1) is 13.8. The molecule has 0 spiro atoms. The number of nitrogens with one attached hydrogen (secondary N) is 2. The van der Waals surface area contributed by atoms with Gasteiger partial charge in [0, 0.05) is 18.1 Å². The van der Waals surface area contributed by atoms with E-state index in [1.807, 2.05) is 13.8 Å². The Labute approximate surface area is 167 Å². The average Bonchev–Trinajstić information content (AvgIpc) is 3.01. The Hall–Kier alpha value is -2.74. The molecule has 0 saturated heterocycles. The number of fused-ring (bicyclic) bond motifs is 1. The molecule has 0 saturated carbocycles. The maximum absolute atomic E-state index is 13.4. The third-order valence-corrected chi connectivity index (χ3v) is 4.50. The number of hydrogen-bond donors (Lipinski definition) is 2. The summed E-state index contributed by atoms with van der Waals surface area (Å²) >= 11 is 0. The number of rotatable bonds is 7. The number of amides is 1. The lowest BCUT2D eigenvalue weighted by Gasteiger charge is -2.22. The van der Waals surface area contributed by atoms with Crippen LogP contribution in [0, 0.1) is 0 Å². The molecule has 5 nitrogen and oxygen atoms in total. The quantitative estimate of drug-likeness (QED) is 0.720. The van der Waals surface area contributed by atoms with E-state index in [1.54, 1.807) is 18.2 Å². The van der Waals surface area contributed by atoms with E-state index in [9.17, 15) is 18.0 Å². The van der Waals surface area contributed by atoms with Gasteiger partial charge in [0.1, 0.15) is 23.6 Å². The van der Waals surface area contributed by atoms with Crippen molar-refractivity contribution in [2.24, 2.45) is 0 Å². The molecule has 1 aliphatic heterocycles. The smallest absolute Gasteiger partial charge is 0.407 e. The molecule has 2 atom stereocenters. The Morgan fingerprint density at radius 2 is 2.00 bits per heavy atom. The normalized spacial score (nSPS) is 16.7. The number of anilines is 1. The van der Waals surface area contributed by atoms with Crippen LogP contribution in [-0.2, 0) is 11.2 Å². The van der Waals surface area contributed by atoms with E-state index in [-0.39, 0.29) is 11.7 Å². The summed E-state index contributed by atoms with van der Waals surface area (Å²) in [5, 5.41) is 4.92. The van der Waals surface area contributed by atoms with Crippen LogP contribution in [0.4, 0.5) is 18.9 Å². The fourth-order valence-electron chi connectivity index (χ4n) is 3.27. The summed E-state index contributed by atoms with van der Waals surface area (Å²) in [6, 6.07) is 8.93. The summed E-state index contributed by atoms with van der Waals surface area (Å²) in [5.41, 5.74) is 1.38. The second kappa shape index (κ2) is 8.73. The molecule has 0 bridgehead atoms. The minimum atomic E-state index is -4.53. The van der Waals surface area contributed by atoms with Crippen LogP contribution in [0.2, 0.25) is 0 Å². The van der Waals surface area contributed by atoms with Crippen molar-refractivity contribution in [1.82, 2.24) is 5.32 Å². The van der Waals surface area contributed by atoms with Crippen molar-refractivity contribution < 1.29 is 27.4 Å². The number of hydrogen-bond acceptors (Lipinski definition) is 4. The van der Waals surface area contributed by atoms with Crippen LogP contribution in [0.3, 0.4) is 0 Å². The van der Waals surface area contributed by atoms with Crippen molar-refractivity contribution in [3.05, 3.63) is 53.6 Å². The van der Waals surface area contributed by atoms with Crippen LogP contribution in [0.5, 0.6) is 11.5 Å². The highest BCUT2D eigenvalue weighted by Crippen LogP contribution is 2.38. The lowest BCUT2D eigenvalue weighted by molar-refractivity contribution is -0.158. The van der Waals surface area contributed by atoms with E-state index in [0.29, 0.717) is 23.8 Å². The van der Waals surface area contributed by atoms with Gasteiger partial charge in [-0.15, -0.1) is 0 Å². The van der Waals surface area contributed by atoms with Crippen molar-refractivity contribution in [1.29, 1.82) is 0 Å². The Morgan fingerprint density at radius 3 is 2.66 bits per heavy atom. The topological polar surface area (TPSA) is 59.6 Å². The van der Waals surface area contributed by atoms with Crippen molar-refractivity contribution in [2.45, 2.75) is 38.6 Å². The van der Waals surface area contributed by atoms with Crippen molar-refractivity contribution in [3.8, 4) is 11.5 Å². The highest BCUT2D eigenvalue weighted by Gasteiger charge is 2.40. The minimum Gasteiger partial charge on any atom is -0.492 e.